The van der Waals surface area contributed by atoms with Crippen molar-refractivity contribution >= 4 is 28.8 Å². The van der Waals surface area contributed by atoms with E-state index in [9.17, 15) is 23.3 Å². The molecule has 9 nitrogen and oxygen atoms in total. The fourth-order valence-electron chi connectivity index (χ4n) is 2.19. The second kappa shape index (κ2) is 6.90. The normalized spacial score (nSPS) is 11.3. The predicted octanol–water partition coefficient (Wildman–Crippen LogP) is 4.19. The first-order valence-electron chi connectivity index (χ1n) is 7.38. The van der Waals surface area contributed by atoms with Gasteiger partial charge in [-0.25, -0.2) is 9.97 Å². The zero-order chi connectivity index (χ0) is 19.6. The number of aromatic nitrogens is 3. The van der Waals surface area contributed by atoms with E-state index in [0.717, 1.165) is 18.5 Å². The van der Waals surface area contributed by atoms with Crippen LogP contribution in [0.1, 0.15) is 11.3 Å². The molecule has 0 radical (unpaired) electrons. The highest BCUT2D eigenvalue weighted by Gasteiger charge is 2.31. The van der Waals surface area contributed by atoms with E-state index in [4.69, 9.17) is 4.52 Å². The molecular formula is C15H11F3N6O3. The first kappa shape index (κ1) is 18.1. The van der Waals surface area contributed by atoms with Crippen molar-refractivity contribution in [3.8, 4) is 0 Å². The van der Waals surface area contributed by atoms with Crippen LogP contribution in [0.25, 0.3) is 0 Å². The van der Waals surface area contributed by atoms with Gasteiger partial charge in [0.05, 0.1) is 10.5 Å². The van der Waals surface area contributed by atoms with Gasteiger partial charge in [-0.3, -0.25) is 10.1 Å². The first-order valence-corrected chi connectivity index (χ1v) is 7.38. The van der Waals surface area contributed by atoms with E-state index < -0.39 is 22.4 Å². The molecule has 0 atom stereocenters. The summed E-state index contributed by atoms with van der Waals surface area (Å²) in [6.07, 6.45) is -3.52. The van der Waals surface area contributed by atoms with E-state index >= 15 is 0 Å². The second-order valence-electron chi connectivity index (χ2n) is 5.33. The van der Waals surface area contributed by atoms with Gasteiger partial charge in [0.2, 0.25) is 11.6 Å². The fraction of sp³-hybridized carbons (Fsp3) is 0.133. The number of nitrogens with zero attached hydrogens (tertiary/aromatic N) is 4. The van der Waals surface area contributed by atoms with E-state index in [1.807, 2.05) is 0 Å². The Morgan fingerprint density at radius 2 is 1.85 bits per heavy atom. The van der Waals surface area contributed by atoms with Crippen molar-refractivity contribution in [3.63, 3.8) is 0 Å². The molecule has 2 N–H and O–H groups in total. The van der Waals surface area contributed by atoms with Gasteiger partial charge in [-0.05, 0) is 25.1 Å². The molecule has 140 valence electrons. The lowest BCUT2D eigenvalue weighted by atomic mass is 10.2. The van der Waals surface area contributed by atoms with Gasteiger partial charge in [0.1, 0.15) is 12.1 Å². The number of nitro groups is 1. The van der Waals surface area contributed by atoms with Crippen molar-refractivity contribution in [3.05, 3.63) is 58.1 Å². The van der Waals surface area contributed by atoms with Crippen LogP contribution in [0.2, 0.25) is 0 Å². The number of rotatable bonds is 5. The molecule has 0 aliphatic rings. The standard InChI is InChI=1S/C15H11F3N6O3/c1-8-5-11(23-27-8)22-14-12(24(25)26)13(19-7-20-14)21-10-4-2-3-9(6-10)15(16,17)18/h2-7H,1H3,(H2,19,20,21,22,23). The van der Waals surface area contributed by atoms with Crippen LogP contribution in [0, 0.1) is 17.0 Å². The Balaban J connectivity index is 1.96. The van der Waals surface area contributed by atoms with Crippen molar-refractivity contribution in [2.45, 2.75) is 13.1 Å². The topological polar surface area (TPSA) is 119 Å². The smallest absolute Gasteiger partial charge is 0.360 e. The number of nitrogens with one attached hydrogen (secondary N) is 2. The van der Waals surface area contributed by atoms with Crippen molar-refractivity contribution in [2.24, 2.45) is 0 Å². The molecular weight excluding hydrogens is 369 g/mol. The highest BCUT2D eigenvalue weighted by atomic mass is 19.4. The summed E-state index contributed by atoms with van der Waals surface area (Å²) in [6.45, 7) is 1.63. The number of anilines is 4. The number of hydrogen-bond acceptors (Lipinski definition) is 8. The minimum atomic E-state index is -4.55. The summed E-state index contributed by atoms with van der Waals surface area (Å²) < 4.78 is 43.4. The van der Waals surface area contributed by atoms with Crippen LogP contribution in [-0.4, -0.2) is 20.0 Å². The van der Waals surface area contributed by atoms with E-state index in [1.54, 1.807) is 6.92 Å². The molecule has 0 saturated heterocycles. The largest absolute Gasteiger partial charge is 0.416 e. The van der Waals surface area contributed by atoms with E-state index in [0.29, 0.717) is 5.76 Å². The van der Waals surface area contributed by atoms with E-state index in [-0.39, 0.29) is 23.1 Å². The van der Waals surface area contributed by atoms with Crippen molar-refractivity contribution in [1.82, 2.24) is 15.1 Å². The van der Waals surface area contributed by atoms with E-state index in [2.05, 4.69) is 25.8 Å². The fourth-order valence-corrected chi connectivity index (χ4v) is 2.19. The number of benzene rings is 1. The summed E-state index contributed by atoms with van der Waals surface area (Å²) >= 11 is 0. The molecule has 0 spiro atoms. The maximum Gasteiger partial charge on any atom is 0.416 e. The lowest BCUT2D eigenvalue weighted by molar-refractivity contribution is -0.383. The maximum absolute atomic E-state index is 12.8. The molecule has 27 heavy (non-hydrogen) atoms. The molecule has 0 aliphatic heterocycles. The van der Waals surface area contributed by atoms with Crippen molar-refractivity contribution in [2.75, 3.05) is 10.6 Å². The Labute approximate surface area is 149 Å². The number of aryl methyl sites for hydroxylation is 1. The summed E-state index contributed by atoms with van der Waals surface area (Å²) in [5.41, 5.74) is -1.48. The molecule has 3 aromatic rings. The molecule has 0 bridgehead atoms. The molecule has 12 heteroatoms. The lowest BCUT2D eigenvalue weighted by Crippen LogP contribution is -2.07. The predicted molar refractivity (Wildman–Crippen MR) is 87.9 cm³/mol. The summed E-state index contributed by atoms with van der Waals surface area (Å²) in [5, 5.41) is 20.3. The molecule has 1 aromatic carbocycles. The molecule has 0 fully saturated rings. The van der Waals surface area contributed by atoms with Crippen LogP contribution in [0.5, 0.6) is 0 Å². The molecule has 2 heterocycles. The van der Waals surface area contributed by atoms with Crippen LogP contribution < -0.4 is 10.6 Å². The quantitative estimate of drug-likeness (QED) is 0.500. The Morgan fingerprint density at radius 1 is 1.15 bits per heavy atom. The summed E-state index contributed by atoms with van der Waals surface area (Å²) in [5.74, 6) is 0.172. The minimum Gasteiger partial charge on any atom is -0.360 e. The highest BCUT2D eigenvalue weighted by Crippen LogP contribution is 2.35. The van der Waals surface area contributed by atoms with Crippen LogP contribution in [0.4, 0.5) is 42.0 Å². The SMILES string of the molecule is Cc1cc(Nc2ncnc(Nc3cccc(C(F)(F)F)c3)c2[N+](=O)[O-])no1. The second-order valence-corrected chi connectivity index (χ2v) is 5.33. The minimum absolute atomic E-state index is 0.0187. The lowest BCUT2D eigenvalue weighted by Gasteiger charge is -2.11. The molecule has 0 saturated carbocycles. The molecule has 0 amide bonds. The number of alkyl halides is 3. The average molecular weight is 380 g/mol. The molecule has 3 rings (SSSR count). The van der Waals surface area contributed by atoms with Gasteiger partial charge in [-0.1, -0.05) is 11.2 Å². The van der Waals surface area contributed by atoms with Crippen LogP contribution in [0.3, 0.4) is 0 Å². The number of hydrogen-bond donors (Lipinski definition) is 2. The van der Waals surface area contributed by atoms with Gasteiger partial charge in [0, 0.05) is 11.8 Å². The zero-order valence-electron chi connectivity index (χ0n) is 13.6. The first-order chi connectivity index (χ1) is 12.7. The summed E-state index contributed by atoms with van der Waals surface area (Å²) in [4.78, 5) is 18.3. The Hall–Kier alpha value is -3.70. The van der Waals surface area contributed by atoms with E-state index in [1.165, 1.54) is 18.2 Å². The average Bonchev–Trinajstić information content (AvgIpc) is 2.99. The summed E-state index contributed by atoms with van der Waals surface area (Å²) in [6, 6.07) is 5.70. The zero-order valence-corrected chi connectivity index (χ0v) is 13.6. The Kier molecular flexibility index (Phi) is 4.62. The van der Waals surface area contributed by atoms with Crippen molar-refractivity contribution < 1.29 is 22.6 Å². The van der Waals surface area contributed by atoms with Crippen LogP contribution in [0.15, 0.2) is 41.2 Å². The summed E-state index contributed by atoms with van der Waals surface area (Å²) in [7, 11) is 0. The third-order valence-corrected chi connectivity index (χ3v) is 3.33. The van der Waals surface area contributed by atoms with Crippen LogP contribution >= 0.6 is 0 Å². The van der Waals surface area contributed by atoms with Gasteiger partial charge >= 0.3 is 11.9 Å². The van der Waals surface area contributed by atoms with Crippen molar-refractivity contribution in [1.29, 1.82) is 0 Å². The van der Waals surface area contributed by atoms with Crippen LogP contribution in [-0.2, 0) is 6.18 Å². The van der Waals surface area contributed by atoms with Gasteiger partial charge in [0.25, 0.3) is 0 Å². The Bertz CT molecular complexity index is 989. The van der Waals surface area contributed by atoms with Gasteiger partial charge < -0.3 is 15.2 Å². The molecule has 2 aromatic heterocycles. The monoisotopic (exact) mass is 380 g/mol. The highest BCUT2D eigenvalue weighted by molar-refractivity contribution is 5.76. The number of halogens is 3. The molecule has 0 unspecified atom stereocenters. The Morgan fingerprint density at radius 3 is 2.44 bits per heavy atom. The third-order valence-electron chi connectivity index (χ3n) is 3.33. The third kappa shape index (κ3) is 4.11. The maximum atomic E-state index is 12.8. The molecule has 0 aliphatic carbocycles. The van der Waals surface area contributed by atoms with Gasteiger partial charge in [0.15, 0.2) is 5.82 Å². The van der Waals surface area contributed by atoms with Gasteiger partial charge in [-0.15, -0.1) is 0 Å². The van der Waals surface area contributed by atoms with Gasteiger partial charge in [-0.2, -0.15) is 13.2 Å².